The van der Waals surface area contributed by atoms with Gasteiger partial charge in [-0.3, -0.25) is 9.59 Å². The summed E-state index contributed by atoms with van der Waals surface area (Å²) in [5.74, 6) is -1.08. The first-order valence-corrected chi connectivity index (χ1v) is 14.6. The van der Waals surface area contributed by atoms with Gasteiger partial charge in [0.25, 0.3) is 11.8 Å². The summed E-state index contributed by atoms with van der Waals surface area (Å²) in [6, 6.07) is 29.7. The maximum absolute atomic E-state index is 13.1. The highest BCUT2D eigenvalue weighted by Crippen LogP contribution is 2.41. The third-order valence-electron chi connectivity index (χ3n) is 6.33. The predicted octanol–water partition coefficient (Wildman–Crippen LogP) is 7.26. The number of nitrogens with zero attached hydrogens (tertiary/aromatic N) is 4. The molecule has 2 N–H and O–H groups in total. The predicted molar refractivity (Wildman–Crippen MR) is 170 cm³/mol. The van der Waals surface area contributed by atoms with Gasteiger partial charge in [-0.2, -0.15) is 10.5 Å². The average molecular weight is 589 g/mol. The number of hydrogen-bond donors (Lipinski definition) is 2. The zero-order valence-corrected chi connectivity index (χ0v) is 24.3. The quantitative estimate of drug-likeness (QED) is 0.229. The van der Waals surface area contributed by atoms with Crippen molar-refractivity contribution in [1.29, 1.82) is 10.5 Å². The summed E-state index contributed by atoms with van der Waals surface area (Å²) < 4.78 is 0. The smallest absolute Gasteiger partial charge is 0.269 e. The minimum absolute atomic E-state index is 0.0134. The molecule has 2 aliphatic rings. The number of carbonyl (C=O) groups is 2. The highest BCUT2D eigenvalue weighted by Gasteiger charge is 2.28. The Morgan fingerprint density at radius 3 is 1.31 bits per heavy atom. The van der Waals surface area contributed by atoms with Crippen LogP contribution in [0.4, 0.5) is 22.7 Å². The maximum atomic E-state index is 13.1. The van der Waals surface area contributed by atoms with Gasteiger partial charge in [-0.1, -0.05) is 59.9 Å². The Bertz CT molecular complexity index is 1620. The fourth-order valence-electron chi connectivity index (χ4n) is 4.37. The van der Waals surface area contributed by atoms with Crippen molar-refractivity contribution in [2.45, 2.75) is 13.8 Å². The second-order valence-corrected chi connectivity index (χ2v) is 10.9. The monoisotopic (exact) mass is 588 g/mol. The molecule has 0 aliphatic carbocycles. The maximum Gasteiger partial charge on any atom is 0.269 e. The molecule has 0 radical (unpaired) electrons. The SMILES string of the molecule is CC1=CS/C(=C(\C#N)C(=O)Nc2ccc(NC(=O)/C(C#N)=C3/SC=C(C)N3c3ccccc3)cc2)N1c1ccccc1. The molecule has 0 saturated heterocycles. The number of thioether (sulfide) groups is 2. The lowest BCUT2D eigenvalue weighted by Crippen LogP contribution is -2.22. The number of anilines is 4. The van der Waals surface area contributed by atoms with Gasteiger partial charge in [-0.15, -0.1) is 0 Å². The molecule has 0 atom stereocenters. The normalized spacial score (nSPS) is 16.6. The Morgan fingerprint density at radius 1 is 0.619 bits per heavy atom. The van der Waals surface area contributed by atoms with E-state index in [9.17, 15) is 20.1 Å². The minimum Gasteiger partial charge on any atom is -0.321 e. The first-order valence-electron chi connectivity index (χ1n) is 12.8. The van der Waals surface area contributed by atoms with Crippen molar-refractivity contribution in [1.82, 2.24) is 0 Å². The van der Waals surface area contributed by atoms with E-state index in [1.54, 1.807) is 24.3 Å². The fraction of sp³-hybridized carbons (Fsp3) is 0.0625. The number of rotatable bonds is 6. The van der Waals surface area contributed by atoms with Crippen molar-refractivity contribution in [3.05, 3.63) is 128 Å². The van der Waals surface area contributed by atoms with Crippen LogP contribution in [0.3, 0.4) is 0 Å². The molecule has 3 aromatic rings. The van der Waals surface area contributed by atoms with E-state index in [2.05, 4.69) is 22.8 Å². The molecule has 8 nitrogen and oxygen atoms in total. The zero-order chi connectivity index (χ0) is 29.6. The minimum atomic E-state index is -0.542. The molecule has 2 aliphatic heterocycles. The Kier molecular flexibility index (Phi) is 8.49. The topological polar surface area (TPSA) is 112 Å². The van der Waals surface area contributed by atoms with Crippen LogP contribution in [-0.4, -0.2) is 11.8 Å². The van der Waals surface area contributed by atoms with Crippen LogP contribution in [0, 0.1) is 22.7 Å². The van der Waals surface area contributed by atoms with Gasteiger partial charge in [-0.05, 0) is 73.2 Å². The lowest BCUT2D eigenvalue weighted by Gasteiger charge is -2.22. The van der Waals surface area contributed by atoms with Crippen LogP contribution in [-0.2, 0) is 9.59 Å². The van der Waals surface area contributed by atoms with Crippen molar-refractivity contribution >= 4 is 58.1 Å². The van der Waals surface area contributed by atoms with Gasteiger partial charge in [0.05, 0.1) is 0 Å². The van der Waals surface area contributed by atoms with Gasteiger partial charge in [-0.25, -0.2) is 0 Å². The van der Waals surface area contributed by atoms with Crippen LogP contribution in [0.15, 0.2) is 128 Å². The van der Waals surface area contributed by atoms with E-state index in [0.717, 1.165) is 22.8 Å². The molecule has 0 spiro atoms. The van der Waals surface area contributed by atoms with Crippen LogP contribution in [0.25, 0.3) is 0 Å². The number of benzene rings is 3. The number of hydrogen-bond acceptors (Lipinski definition) is 8. The standard InChI is InChI=1S/C32H24N6O2S2/c1-21-19-41-31(37(21)25-9-5-3-6-10-25)27(17-33)29(39)35-23-13-15-24(16-14-23)36-30(40)28(18-34)32-38(22(2)20-42-32)26-11-7-4-8-12-26/h3-16,19-20H,1-2H3,(H,35,39)(H,36,40)/b31-27+,32-28+. The molecule has 3 aromatic carbocycles. The van der Waals surface area contributed by atoms with Gasteiger partial charge in [0.2, 0.25) is 0 Å². The Hall–Kier alpha value is -5.16. The molecule has 0 saturated carbocycles. The van der Waals surface area contributed by atoms with Gasteiger partial charge >= 0.3 is 0 Å². The lowest BCUT2D eigenvalue weighted by atomic mass is 10.2. The van der Waals surface area contributed by atoms with E-state index in [1.165, 1.54) is 23.5 Å². The van der Waals surface area contributed by atoms with Crippen LogP contribution in [0.2, 0.25) is 0 Å². The summed E-state index contributed by atoms with van der Waals surface area (Å²) in [5.41, 5.74) is 4.39. The van der Waals surface area contributed by atoms with Crippen molar-refractivity contribution < 1.29 is 9.59 Å². The molecular formula is C32H24N6O2S2. The first-order chi connectivity index (χ1) is 20.4. The molecular weight excluding hydrogens is 565 g/mol. The van der Waals surface area contributed by atoms with Crippen LogP contribution < -0.4 is 20.4 Å². The third kappa shape index (κ3) is 5.81. The van der Waals surface area contributed by atoms with Gasteiger partial charge in [0, 0.05) is 34.1 Å². The summed E-state index contributed by atoms with van der Waals surface area (Å²) in [4.78, 5) is 30.0. The van der Waals surface area contributed by atoms with E-state index in [-0.39, 0.29) is 11.1 Å². The summed E-state index contributed by atoms with van der Waals surface area (Å²) in [6.07, 6.45) is 0. The first kappa shape index (κ1) is 28.4. The number of nitriles is 2. The summed E-state index contributed by atoms with van der Waals surface area (Å²) in [7, 11) is 0. The molecule has 0 aromatic heterocycles. The average Bonchev–Trinajstić information content (AvgIpc) is 3.58. The Morgan fingerprint density at radius 2 is 0.976 bits per heavy atom. The number of para-hydroxylation sites is 2. The molecule has 0 bridgehead atoms. The highest BCUT2D eigenvalue weighted by molar-refractivity contribution is 8.06. The summed E-state index contributed by atoms with van der Waals surface area (Å²) in [5, 5.41) is 30.2. The summed E-state index contributed by atoms with van der Waals surface area (Å²) >= 11 is 2.64. The molecule has 5 rings (SSSR count). The molecule has 42 heavy (non-hydrogen) atoms. The second-order valence-electron chi connectivity index (χ2n) is 9.17. The van der Waals surface area contributed by atoms with Crippen LogP contribution >= 0.6 is 23.5 Å². The molecule has 2 heterocycles. The van der Waals surface area contributed by atoms with Gasteiger partial charge in [0.1, 0.15) is 33.3 Å². The number of carbonyl (C=O) groups excluding carboxylic acids is 2. The number of amides is 2. The fourth-order valence-corrected chi connectivity index (χ4v) is 6.36. The number of allylic oxidation sites excluding steroid dienone is 2. The van der Waals surface area contributed by atoms with Crippen molar-refractivity contribution in [2.24, 2.45) is 0 Å². The largest absolute Gasteiger partial charge is 0.321 e. The molecule has 206 valence electrons. The van der Waals surface area contributed by atoms with Gasteiger partial charge in [0.15, 0.2) is 0 Å². The summed E-state index contributed by atoms with van der Waals surface area (Å²) in [6.45, 7) is 3.84. The molecule has 0 unspecified atom stereocenters. The van der Waals surface area contributed by atoms with E-state index in [4.69, 9.17) is 0 Å². The lowest BCUT2D eigenvalue weighted by molar-refractivity contribution is -0.113. The van der Waals surface area contributed by atoms with E-state index in [0.29, 0.717) is 21.4 Å². The second kappa shape index (κ2) is 12.6. The third-order valence-corrected chi connectivity index (χ3v) is 8.47. The highest BCUT2D eigenvalue weighted by atomic mass is 32.2. The van der Waals surface area contributed by atoms with Crippen molar-refractivity contribution in [2.75, 3.05) is 20.4 Å². The van der Waals surface area contributed by atoms with E-state index in [1.807, 2.05) is 95.1 Å². The molecule has 10 heteroatoms. The van der Waals surface area contributed by atoms with Crippen molar-refractivity contribution in [3.63, 3.8) is 0 Å². The van der Waals surface area contributed by atoms with Crippen LogP contribution in [0.5, 0.6) is 0 Å². The number of nitrogens with one attached hydrogen (secondary N) is 2. The molecule has 2 amide bonds. The Balaban J connectivity index is 1.31. The zero-order valence-electron chi connectivity index (χ0n) is 22.7. The van der Waals surface area contributed by atoms with Crippen LogP contribution in [0.1, 0.15) is 13.8 Å². The molecule has 0 fully saturated rings. The van der Waals surface area contributed by atoms with E-state index >= 15 is 0 Å². The van der Waals surface area contributed by atoms with Crippen molar-refractivity contribution in [3.8, 4) is 12.1 Å². The Labute approximate surface area is 252 Å². The van der Waals surface area contributed by atoms with E-state index < -0.39 is 11.8 Å². The van der Waals surface area contributed by atoms with Gasteiger partial charge < -0.3 is 20.4 Å².